The number of anilines is 1. The Bertz CT molecular complexity index is 793. The normalized spacial score (nSPS) is 18.3. The third-order valence-electron chi connectivity index (χ3n) is 4.32. The maximum Gasteiger partial charge on any atom is 0.416 e. The molecule has 152 valence electrons. The molecule has 0 bridgehead atoms. The lowest BCUT2D eigenvalue weighted by Crippen LogP contribution is -2.41. The van der Waals surface area contributed by atoms with Gasteiger partial charge in [-0.3, -0.25) is 4.79 Å². The first-order valence-corrected chi connectivity index (χ1v) is 9.65. The maximum absolute atomic E-state index is 12.6. The summed E-state index contributed by atoms with van der Waals surface area (Å²) in [6, 6.07) is 1.05. The van der Waals surface area contributed by atoms with Crippen molar-refractivity contribution in [2.45, 2.75) is 36.9 Å². The Labute approximate surface area is 154 Å². The summed E-state index contributed by atoms with van der Waals surface area (Å²) in [5.41, 5.74) is 4.96. The number of nitrogens with two attached hydrogens (primary N) is 1. The van der Waals surface area contributed by atoms with E-state index in [2.05, 4.69) is 4.98 Å². The van der Waals surface area contributed by atoms with Gasteiger partial charge in [0.15, 0.2) is 11.8 Å². The van der Waals surface area contributed by atoms with Crippen LogP contribution in [0.5, 0.6) is 0 Å². The van der Waals surface area contributed by atoms with Gasteiger partial charge in [-0.05, 0) is 24.8 Å². The number of sulfonamides is 1. The number of aliphatic hydroxyl groups excluding tert-OH is 1. The fourth-order valence-corrected chi connectivity index (χ4v) is 4.01. The number of carbonyl (C=O) groups excluding carboxylic acids is 1. The van der Waals surface area contributed by atoms with Crippen molar-refractivity contribution in [3.05, 3.63) is 18.0 Å². The van der Waals surface area contributed by atoms with Crippen LogP contribution in [0.2, 0.25) is 0 Å². The van der Waals surface area contributed by atoms with Crippen LogP contribution in [-0.2, 0) is 10.0 Å². The Balaban J connectivity index is 2.12. The highest BCUT2D eigenvalue weighted by Gasteiger charge is 2.38. The van der Waals surface area contributed by atoms with Crippen LogP contribution in [0.3, 0.4) is 0 Å². The van der Waals surface area contributed by atoms with Crippen molar-refractivity contribution >= 4 is 21.6 Å². The smallest absolute Gasteiger partial charge is 0.397 e. The first-order valence-electron chi connectivity index (χ1n) is 8.21. The molecule has 4 N–H and O–H groups in total. The van der Waals surface area contributed by atoms with Crippen LogP contribution in [0.15, 0.2) is 17.2 Å². The van der Waals surface area contributed by atoms with Crippen LogP contribution >= 0.6 is 0 Å². The monoisotopic (exact) mass is 410 g/mol. The van der Waals surface area contributed by atoms with Gasteiger partial charge in [0, 0.05) is 19.3 Å². The van der Waals surface area contributed by atoms with Gasteiger partial charge >= 0.3 is 6.18 Å². The third-order valence-corrected chi connectivity index (χ3v) is 6.19. The predicted molar refractivity (Wildman–Crippen MR) is 90.2 cm³/mol. The lowest BCUT2D eigenvalue weighted by Gasteiger charge is -2.29. The fraction of sp³-hybridized carbons (Fsp3) is 0.600. The van der Waals surface area contributed by atoms with Gasteiger partial charge in [0.25, 0.3) is 5.91 Å². The number of amides is 1. The third kappa shape index (κ3) is 5.08. The summed E-state index contributed by atoms with van der Waals surface area (Å²) in [5.74, 6) is -0.621. The number of hydrogen-bond donors (Lipinski definition) is 3. The van der Waals surface area contributed by atoms with Gasteiger partial charge in [0.1, 0.15) is 4.90 Å². The number of nitrogens with zero attached hydrogens (tertiary/aromatic N) is 2. The van der Waals surface area contributed by atoms with E-state index < -0.39 is 40.4 Å². The van der Waals surface area contributed by atoms with Crippen molar-refractivity contribution in [2.24, 2.45) is 5.92 Å². The van der Waals surface area contributed by atoms with Crippen molar-refractivity contribution in [1.29, 1.82) is 0 Å². The molecule has 0 saturated carbocycles. The summed E-state index contributed by atoms with van der Waals surface area (Å²) in [6.07, 6.45) is -5.22. The average molecular weight is 410 g/mol. The minimum atomic E-state index is -4.88. The van der Waals surface area contributed by atoms with Crippen molar-refractivity contribution in [1.82, 2.24) is 14.6 Å². The zero-order chi connectivity index (χ0) is 20.4. The van der Waals surface area contributed by atoms with Crippen molar-refractivity contribution < 1.29 is 31.5 Å². The number of nitrogens with one attached hydrogen (secondary N) is 1. The summed E-state index contributed by atoms with van der Waals surface area (Å²) in [7, 11) is -3.83. The summed E-state index contributed by atoms with van der Waals surface area (Å²) in [4.78, 5) is 15.4. The van der Waals surface area contributed by atoms with E-state index in [1.54, 1.807) is 0 Å². The van der Waals surface area contributed by atoms with Crippen LogP contribution in [-0.4, -0.2) is 60.6 Å². The van der Waals surface area contributed by atoms with Crippen molar-refractivity contribution in [2.75, 3.05) is 25.4 Å². The van der Waals surface area contributed by atoms with E-state index in [0.29, 0.717) is 19.0 Å². The molecule has 8 nitrogen and oxygen atoms in total. The molecule has 1 unspecified atom stereocenters. The van der Waals surface area contributed by atoms with E-state index in [1.807, 2.05) is 12.2 Å². The molecular weight excluding hydrogens is 389 g/mol. The average Bonchev–Trinajstić information content (AvgIpc) is 2.58. The van der Waals surface area contributed by atoms with Gasteiger partial charge in [-0.1, -0.05) is 6.92 Å². The Morgan fingerprint density at radius 2 is 2.04 bits per heavy atom. The molecule has 1 saturated heterocycles. The number of rotatable bonds is 5. The fourth-order valence-electron chi connectivity index (χ4n) is 2.56. The molecule has 1 aromatic heterocycles. The number of aromatic nitrogens is 1. The number of alkyl halides is 3. The largest absolute Gasteiger partial charge is 0.416 e. The molecular formula is C15H21F3N4O4S. The van der Waals surface area contributed by atoms with Crippen LogP contribution in [0, 0.1) is 5.92 Å². The van der Waals surface area contributed by atoms with Gasteiger partial charge < -0.3 is 16.2 Å². The summed E-state index contributed by atoms with van der Waals surface area (Å²) < 4.78 is 63.3. The lowest BCUT2D eigenvalue weighted by atomic mass is 10.0. The van der Waals surface area contributed by atoms with E-state index in [4.69, 9.17) is 10.8 Å². The summed E-state index contributed by atoms with van der Waals surface area (Å²) in [5, 5.41) is 10.7. The molecule has 1 fully saturated rings. The van der Waals surface area contributed by atoms with E-state index in [1.165, 1.54) is 4.31 Å². The number of aliphatic hydroxyl groups is 1. The molecule has 12 heteroatoms. The standard InChI is InChI=1S/C15H21F3N4O4S/c1-9-2-4-22(5-3-9)27(25,26)10-6-11(19)13(20-7-10)14(24)21-8-12(23)15(16,17)18/h6-7,9,12,23H,2-5,8,19H2,1H3,(H,21,24). The SMILES string of the molecule is CC1CCN(S(=O)(=O)c2cnc(C(=O)NCC(O)C(F)(F)F)c(N)c2)CC1. The Morgan fingerprint density at radius 1 is 1.44 bits per heavy atom. The molecule has 2 rings (SSSR count). The quantitative estimate of drug-likeness (QED) is 0.657. The molecule has 1 aromatic rings. The molecule has 1 amide bonds. The van der Waals surface area contributed by atoms with E-state index in [9.17, 15) is 26.4 Å². The first-order chi connectivity index (χ1) is 12.4. The van der Waals surface area contributed by atoms with Crippen LogP contribution in [0.4, 0.5) is 18.9 Å². The van der Waals surface area contributed by atoms with E-state index >= 15 is 0 Å². The second-order valence-corrected chi connectivity index (χ2v) is 8.40. The second kappa shape index (κ2) is 7.98. The van der Waals surface area contributed by atoms with Gasteiger partial charge in [-0.25, -0.2) is 13.4 Å². The van der Waals surface area contributed by atoms with Crippen LogP contribution in [0.25, 0.3) is 0 Å². The van der Waals surface area contributed by atoms with E-state index in [0.717, 1.165) is 25.1 Å². The number of piperidine rings is 1. The Kier molecular flexibility index (Phi) is 6.32. The number of halogens is 3. The summed E-state index contributed by atoms with van der Waals surface area (Å²) >= 11 is 0. The summed E-state index contributed by atoms with van der Waals surface area (Å²) in [6.45, 7) is 1.68. The Hall–Kier alpha value is -1.92. The molecule has 0 aliphatic carbocycles. The highest BCUT2D eigenvalue weighted by molar-refractivity contribution is 7.89. The first kappa shape index (κ1) is 21.4. The predicted octanol–water partition coefficient (Wildman–Crippen LogP) is 0.737. The van der Waals surface area contributed by atoms with Gasteiger partial charge in [0.05, 0.1) is 12.2 Å². The highest BCUT2D eigenvalue weighted by Crippen LogP contribution is 2.25. The molecule has 1 atom stereocenters. The molecule has 0 radical (unpaired) electrons. The van der Waals surface area contributed by atoms with E-state index in [-0.39, 0.29) is 10.6 Å². The Morgan fingerprint density at radius 3 is 2.56 bits per heavy atom. The van der Waals surface area contributed by atoms with Crippen molar-refractivity contribution in [3.63, 3.8) is 0 Å². The molecule has 1 aliphatic heterocycles. The van der Waals surface area contributed by atoms with Crippen LogP contribution in [0.1, 0.15) is 30.3 Å². The molecule has 27 heavy (non-hydrogen) atoms. The minimum absolute atomic E-state index is 0.193. The maximum atomic E-state index is 12.6. The number of pyridine rings is 1. The zero-order valence-electron chi connectivity index (χ0n) is 14.5. The lowest BCUT2D eigenvalue weighted by molar-refractivity contribution is -0.201. The minimum Gasteiger partial charge on any atom is -0.397 e. The molecule has 2 heterocycles. The zero-order valence-corrected chi connectivity index (χ0v) is 15.3. The number of nitrogen functional groups attached to an aromatic ring is 1. The second-order valence-electron chi connectivity index (χ2n) is 6.46. The highest BCUT2D eigenvalue weighted by atomic mass is 32.2. The van der Waals surface area contributed by atoms with Crippen LogP contribution < -0.4 is 11.1 Å². The van der Waals surface area contributed by atoms with Gasteiger partial charge in [0.2, 0.25) is 10.0 Å². The number of hydrogen-bond acceptors (Lipinski definition) is 6. The molecule has 0 spiro atoms. The molecule has 1 aliphatic rings. The topological polar surface area (TPSA) is 126 Å². The van der Waals surface area contributed by atoms with Gasteiger partial charge in [-0.15, -0.1) is 0 Å². The van der Waals surface area contributed by atoms with Crippen molar-refractivity contribution in [3.8, 4) is 0 Å². The molecule has 0 aromatic carbocycles. The number of carbonyl (C=O) groups is 1. The van der Waals surface area contributed by atoms with Gasteiger partial charge in [-0.2, -0.15) is 17.5 Å².